The number of benzene rings is 2. The average Bonchev–Trinajstić information content (AvgIpc) is 3.30. The Morgan fingerprint density at radius 1 is 1.10 bits per heavy atom. The third kappa shape index (κ3) is 5.19. The lowest BCUT2D eigenvalue weighted by Gasteiger charge is -2.21. The molecular weight excluding hydrogens is 416 g/mol. The molecule has 0 saturated carbocycles. The van der Waals surface area contributed by atoms with Crippen LogP contribution in [-0.2, 0) is 14.8 Å². The Morgan fingerprint density at radius 3 is 2.45 bits per heavy atom. The van der Waals surface area contributed by atoms with Gasteiger partial charge in [-0.05, 0) is 68.5 Å². The molecule has 1 atom stereocenters. The van der Waals surface area contributed by atoms with E-state index >= 15 is 0 Å². The first kappa shape index (κ1) is 23.1. The van der Waals surface area contributed by atoms with Crippen molar-refractivity contribution >= 4 is 21.6 Å². The number of rotatable bonds is 8. The van der Waals surface area contributed by atoms with Crippen LogP contribution in [0, 0.1) is 13.8 Å². The van der Waals surface area contributed by atoms with Crippen LogP contribution in [0.3, 0.4) is 0 Å². The van der Waals surface area contributed by atoms with E-state index in [4.69, 9.17) is 9.47 Å². The summed E-state index contributed by atoms with van der Waals surface area (Å²) in [6.07, 6.45) is 1.43. The second-order valence-electron chi connectivity index (χ2n) is 7.75. The van der Waals surface area contributed by atoms with Gasteiger partial charge in [-0.2, -0.15) is 4.31 Å². The maximum atomic E-state index is 13.0. The zero-order valence-electron chi connectivity index (χ0n) is 18.5. The van der Waals surface area contributed by atoms with Crippen LogP contribution in [0.15, 0.2) is 41.3 Å². The number of anilines is 1. The topological polar surface area (TPSA) is 84.9 Å². The zero-order valence-corrected chi connectivity index (χ0v) is 19.3. The molecule has 0 unspecified atom stereocenters. The molecule has 1 saturated heterocycles. The first-order valence-corrected chi connectivity index (χ1v) is 11.9. The second kappa shape index (κ2) is 9.70. The van der Waals surface area contributed by atoms with Crippen LogP contribution < -0.4 is 14.8 Å². The van der Waals surface area contributed by atoms with E-state index in [1.165, 1.54) is 23.5 Å². The van der Waals surface area contributed by atoms with Crippen LogP contribution in [0.5, 0.6) is 11.5 Å². The van der Waals surface area contributed by atoms with E-state index < -0.39 is 16.1 Å². The predicted molar refractivity (Wildman–Crippen MR) is 120 cm³/mol. The normalized spacial score (nSPS) is 15.5. The third-order valence-electron chi connectivity index (χ3n) is 5.41. The summed E-state index contributed by atoms with van der Waals surface area (Å²) in [4.78, 5) is 13.1. The highest BCUT2D eigenvalue weighted by Gasteiger charge is 2.28. The Bertz CT molecular complexity index is 1050. The van der Waals surface area contributed by atoms with E-state index in [1.807, 2.05) is 39.0 Å². The van der Waals surface area contributed by atoms with Crippen molar-refractivity contribution in [3.8, 4) is 11.5 Å². The van der Waals surface area contributed by atoms with Gasteiger partial charge in [-0.15, -0.1) is 0 Å². The predicted octanol–water partition coefficient (Wildman–Crippen LogP) is 3.89. The molecule has 0 aromatic heterocycles. The van der Waals surface area contributed by atoms with Gasteiger partial charge in [0.1, 0.15) is 11.5 Å². The molecule has 1 fully saturated rings. The molecule has 7 nitrogen and oxygen atoms in total. The van der Waals surface area contributed by atoms with Gasteiger partial charge in [0.15, 0.2) is 6.10 Å². The molecule has 8 heteroatoms. The number of carbonyl (C=O) groups excluding carboxylic acids is 1. The SMILES string of the molecule is CC[C@H](Oc1cc(C)ccc1C)C(=O)Nc1cc(S(=O)(=O)N2CCCC2)ccc1OC. The van der Waals surface area contributed by atoms with Crippen LogP contribution in [0.2, 0.25) is 0 Å². The van der Waals surface area contributed by atoms with E-state index in [0.29, 0.717) is 36.7 Å². The summed E-state index contributed by atoms with van der Waals surface area (Å²) >= 11 is 0. The molecule has 1 amide bonds. The zero-order chi connectivity index (χ0) is 22.6. The average molecular weight is 447 g/mol. The van der Waals surface area contributed by atoms with Crippen molar-refractivity contribution in [2.24, 2.45) is 0 Å². The minimum Gasteiger partial charge on any atom is -0.495 e. The molecule has 0 aliphatic carbocycles. The number of methoxy groups -OCH3 is 1. The maximum Gasteiger partial charge on any atom is 0.265 e. The quantitative estimate of drug-likeness (QED) is 0.665. The van der Waals surface area contributed by atoms with Crippen molar-refractivity contribution in [2.75, 3.05) is 25.5 Å². The van der Waals surface area contributed by atoms with E-state index in [2.05, 4.69) is 5.32 Å². The Hall–Kier alpha value is -2.58. The van der Waals surface area contributed by atoms with E-state index in [-0.39, 0.29) is 10.8 Å². The lowest BCUT2D eigenvalue weighted by molar-refractivity contribution is -0.122. The molecule has 0 spiro atoms. The summed E-state index contributed by atoms with van der Waals surface area (Å²) in [6, 6.07) is 10.4. The molecular formula is C23H30N2O5S. The van der Waals surface area contributed by atoms with Crippen molar-refractivity contribution in [1.29, 1.82) is 0 Å². The molecule has 168 valence electrons. The summed E-state index contributed by atoms with van der Waals surface area (Å²) in [5.74, 6) is 0.673. The number of carbonyl (C=O) groups is 1. The van der Waals surface area contributed by atoms with Gasteiger partial charge in [-0.3, -0.25) is 4.79 Å². The van der Waals surface area contributed by atoms with Gasteiger partial charge in [0.05, 0.1) is 17.7 Å². The molecule has 2 aromatic rings. The van der Waals surface area contributed by atoms with Crippen LogP contribution in [-0.4, -0.2) is 44.9 Å². The van der Waals surface area contributed by atoms with Gasteiger partial charge in [0, 0.05) is 13.1 Å². The number of sulfonamides is 1. The minimum atomic E-state index is -3.61. The Labute approximate surface area is 184 Å². The van der Waals surface area contributed by atoms with E-state index in [1.54, 1.807) is 6.07 Å². The molecule has 31 heavy (non-hydrogen) atoms. The summed E-state index contributed by atoms with van der Waals surface area (Å²) in [6.45, 7) is 6.77. The van der Waals surface area contributed by atoms with Gasteiger partial charge in [-0.25, -0.2) is 8.42 Å². The number of hydrogen-bond acceptors (Lipinski definition) is 5. The molecule has 1 aliphatic rings. The number of nitrogens with zero attached hydrogens (tertiary/aromatic N) is 1. The van der Waals surface area contributed by atoms with Gasteiger partial charge in [0.2, 0.25) is 10.0 Å². The van der Waals surface area contributed by atoms with Gasteiger partial charge in [0.25, 0.3) is 5.91 Å². The highest BCUT2D eigenvalue weighted by Crippen LogP contribution is 2.31. The fraction of sp³-hybridized carbons (Fsp3) is 0.435. The number of aryl methyl sites for hydroxylation is 2. The van der Waals surface area contributed by atoms with Crippen molar-refractivity contribution < 1.29 is 22.7 Å². The molecule has 2 aromatic carbocycles. The minimum absolute atomic E-state index is 0.133. The third-order valence-corrected chi connectivity index (χ3v) is 7.30. The Balaban J connectivity index is 1.84. The molecule has 0 radical (unpaired) electrons. The lowest BCUT2D eigenvalue weighted by Crippen LogP contribution is -2.33. The van der Waals surface area contributed by atoms with Gasteiger partial charge in [-0.1, -0.05) is 19.1 Å². The number of nitrogens with one attached hydrogen (secondary N) is 1. The van der Waals surface area contributed by atoms with Gasteiger partial charge < -0.3 is 14.8 Å². The van der Waals surface area contributed by atoms with Crippen LogP contribution in [0.4, 0.5) is 5.69 Å². The first-order valence-electron chi connectivity index (χ1n) is 10.5. The first-order chi connectivity index (χ1) is 14.8. The standard InChI is InChI=1S/C23H30N2O5S/c1-5-20(30-22-14-16(2)8-9-17(22)3)23(26)24-19-15-18(10-11-21(19)29-4)31(27,28)25-12-6-7-13-25/h8-11,14-15,20H,5-7,12-13H2,1-4H3,(H,24,26)/t20-/m0/s1. The number of hydrogen-bond donors (Lipinski definition) is 1. The fourth-order valence-corrected chi connectivity index (χ4v) is 5.09. The van der Waals surface area contributed by atoms with Crippen molar-refractivity contribution in [3.63, 3.8) is 0 Å². The largest absolute Gasteiger partial charge is 0.495 e. The number of ether oxygens (including phenoxy) is 2. The monoisotopic (exact) mass is 446 g/mol. The fourth-order valence-electron chi connectivity index (χ4n) is 3.55. The Kier molecular flexibility index (Phi) is 7.23. The molecule has 0 bridgehead atoms. The summed E-state index contributed by atoms with van der Waals surface area (Å²) < 4.78 is 38.6. The van der Waals surface area contributed by atoms with Crippen LogP contribution >= 0.6 is 0 Å². The van der Waals surface area contributed by atoms with Crippen LogP contribution in [0.25, 0.3) is 0 Å². The number of amides is 1. The van der Waals surface area contributed by atoms with E-state index in [0.717, 1.165) is 24.0 Å². The highest BCUT2D eigenvalue weighted by atomic mass is 32.2. The smallest absolute Gasteiger partial charge is 0.265 e. The summed E-state index contributed by atoms with van der Waals surface area (Å²) in [5.41, 5.74) is 2.28. The van der Waals surface area contributed by atoms with Crippen LogP contribution in [0.1, 0.15) is 37.3 Å². The summed E-state index contributed by atoms with van der Waals surface area (Å²) in [5, 5.41) is 2.80. The highest BCUT2D eigenvalue weighted by molar-refractivity contribution is 7.89. The summed E-state index contributed by atoms with van der Waals surface area (Å²) in [7, 11) is -2.14. The van der Waals surface area contributed by atoms with Crippen molar-refractivity contribution in [3.05, 3.63) is 47.5 Å². The molecule has 1 N–H and O–H groups in total. The maximum absolute atomic E-state index is 13.0. The second-order valence-corrected chi connectivity index (χ2v) is 9.68. The van der Waals surface area contributed by atoms with Crippen molar-refractivity contribution in [1.82, 2.24) is 4.31 Å². The lowest BCUT2D eigenvalue weighted by atomic mass is 10.1. The molecule has 3 rings (SSSR count). The van der Waals surface area contributed by atoms with Crippen molar-refractivity contribution in [2.45, 2.75) is 51.0 Å². The van der Waals surface area contributed by atoms with Gasteiger partial charge >= 0.3 is 0 Å². The molecule has 1 aliphatic heterocycles. The molecule has 1 heterocycles. The van der Waals surface area contributed by atoms with E-state index in [9.17, 15) is 13.2 Å². The Morgan fingerprint density at radius 2 is 1.81 bits per heavy atom.